The van der Waals surface area contributed by atoms with E-state index in [2.05, 4.69) is 10.5 Å². The van der Waals surface area contributed by atoms with Crippen molar-refractivity contribution in [1.29, 1.82) is 0 Å². The lowest BCUT2D eigenvalue weighted by molar-refractivity contribution is -0.144. The van der Waals surface area contributed by atoms with E-state index in [9.17, 15) is 14.7 Å². The van der Waals surface area contributed by atoms with Crippen molar-refractivity contribution in [2.24, 2.45) is 5.10 Å². The number of aliphatic hydroxyl groups is 1. The molecule has 0 unspecified atom stereocenters. The molecule has 3 aromatic carbocycles. The van der Waals surface area contributed by atoms with Gasteiger partial charge in [0.05, 0.1) is 13.3 Å². The van der Waals surface area contributed by atoms with Gasteiger partial charge in [0, 0.05) is 5.56 Å². The number of hydrogen-bond acceptors (Lipinski definition) is 6. The van der Waals surface area contributed by atoms with Gasteiger partial charge in [0.1, 0.15) is 0 Å². The van der Waals surface area contributed by atoms with Gasteiger partial charge < -0.3 is 19.7 Å². The van der Waals surface area contributed by atoms with Crippen molar-refractivity contribution in [3.05, 3.63) is 95.6 Å². The lowest BCUT2D eigenvalue weighted by Crippen LogP contribution is -2.43. The van der Waals surface area contributed by atoms with Crippen LogP contribution < -0.4 is 14.9 Å². The van der Waals surface area contributed by atoms with E-state index in [1.807, 2.05) is 0 Å². The zero-order chi connectivity index (χ0) is 23.8. The van der Waals surface area contributed by atoms with Crippen molar-refractivity contribution in [2.75, 3.05) is 7.11 Å². The molecule has 33 heavy (non-hydrogen) atoms. The fourth-order valence-corrected chi connectivity index (χ4v) is 3.18. The third kappa shape index (κ3) is 5.19. The quantitative estimate of drug-likeness (QED) is 0.342. The topological polar surface area (TPSA) is 117 Å². The molecule has 0 saturated carbocycles. The van der Waals surface area contributed by atoms with E-state index in [4.69, 9.17) is 14.6 Å². The summed E-state index contributed by atoms with van der Waals surface area (Å²) in [7, 11) is 1.43. The van der Waals surface area contributed by atoms with E-state index in [0.717, 1.165) is 0 Å². The molecule has 1 amide bonds. The molecule has 1 atom stereocenters. The van der Waals surface area contributed by atoms with Gasteiger partial charge in [0.15, 0.2) is 23.2 Å². The van der Waals surface area contributed by atoms with Crippen LogP contribution in [-0.2, 0) is 15.2 Å². The molecule has 3 rings (SSSR count). The number of carbonyl (C=O) groups is 2. The molecule has 0 heterocycles. The fraction of sp³-hybridized carbons (Fsp3) is 0.160. The van der Waals surface area contributed by atoms with Crippen LogP contribution in [0.4, 0.5) is 0 Å². The van der Waals surface area contributed by atoms with Crippen LogP contribution in [0.25, 0.3) is 0 Å². The summed E-state index contributed by atoms with van der Waals surface area (Å²) in [6, 6.07) is 22.0. The Balaban J connectivity index is 1.90. The summed E-state index contributed by atoms with van der Waals surface area (Å²) in [5.41, 5.74) is 1.54. The standard InChI is InChI=1S/C25H24N2O6/c1-17(23(28)29)33-22-18(10-9-15-21(22)32-2)16-26-27-24(30)25(31,19-11-5-3-6-12-19)20-13-7-4-8-14-20/h3-17,31H,1-2H3,(H,27,30)(H,28,29)/b26-16-/t17-/m1/s1. The van der Waals surface area contributed by atoms with Gasteiger partial charge in [-0.05, 0) is 30.2 Å². The Labute approximate surface area is 191 Å². The first-order valence-corrected chi connectivity index (χ1v) is 10.1. The maximum atomic E-state index is 13.1. The highest BCUT2D eigenvalue weighted by atomic mass is 16.5. The zero-order valence-corrected chi connectivity index (χ0v) is 18.1. The van der Waals surface area contributed by atoms with Crippen molar-refractivity contribution in [3.8, 4) is 11.5 Å². The Morgan fingerprint density at radius 1 is 0.970 bits per heavy atom. The number of aliphatic carboxylic acids is 1. The largest absolute Gasteiger partial charge is 0.493 e. The SMILES string of the molecule is COc1cccc(/C=N\NC(=O)C(O)(c2ccccc2)c2ccccc2)c1O[C@H](C)C(=O)O. The molecule has 0 fully saturated rings. The number of hydrogen-bond donors (Lipinski definition) is 3. The molecule has 0 aliphatic carbocycles. The highest BCUT2D eigenvalue weighted by Crippen LogP contribution is 2.32. The fourth-order valence-electron chi connectivity index (χ4n) is 3.18. The van der Waals surface area contributed by atoms with Crippen molar-refractivity contribution < 1.29 is 29.3 Å². The number of amides is 1. The Hall–Kier alpha value is -4.17. The number of carboxylic acids is 1. The molecule has 0 aliphatic heterocycles. The van der Waals surface area contributed by atoms with Crippen molar-refractivity contribution in [3.63, 3.8) is 0 Å². The molecular weight excluding hydrogens is 424 g/mol. The molecule has 0 spiro atoms. The first-order chi connectivity index (χ1) is 15.9. The average molecular weight is 448 g/mol. The van der Waals surface area contributed by atoms with Crippen molar-refractivity contribution in [1.82, 2.24) is 5.43 Å². The minimum Gasteiger partial charge on any atom is -0.493 e. The molecule has 3 N–H and O–H groups in total. The van der Waals surface area contributed by atoms with Crippen LogP contribution in [0, 0.1) is 0 Å². The van der Waals surface area contributed by atoms with Crippen LogP contribution >= 0.6 is 0 Å². The Morgan fingerprint density at radius 3 is 2.06 bits per heavy atom. The van der Waals surface area contributed by atoms with Gasteiger partial charge in [0.25, 0.3) is 5.91 Å². The summed E-state index contributed by atoms with van der Waals surface area (Å²) >= 11 is 0. The number of benzene rings is 3. The lowest BCUT2D eigenvalue weighted by atomic mass is 9.85. The van der Waals surface area contributed by atoms with Gasteiger partial charge in [-0.15, -0.1) is 0 Å². The van der Waals surface area contributed by atoms with E-state index in [1.165, 1.54) is 20.2 Å². The summed E-state index contributed by atoms with van der Waals surface area (Å²) in [4.78, 5) is 24.3. The number of hydrazone groups is 1. The maximum Gasteiger partial charge on any atom is 0.344 e. The molecular formula is C25H24N2O6. The van der Waals surface area contributed by atoms with Gasteiger partial charge in [-0.3, -0.25) is 4.79 Å². The van der Waals surface area contributed by atoms with Gasteiger partial charge in [-0.1, -0.05) is 66.7 Å². The number of rotatable bonds is 9. The predicted octanol–water partition coefficient (Wildman–Crippen LogP) is 2.93. The van der Waals surface area contributed by atoms with E-state index in [-0.39, 0.29) is 5.75 Å². The van der Waals surface area contributed by atoms with Crippen LogP contribution in [0.5, 0.6) is 11.5 Å². The number of methoxy groups -OCH3 is 1. The first-order valence-electron chi connectivity index (χ1n) is 10.1. The maximum absolute atomic E-state index is 13.1. The molecule has 3 aromatic rings. The van der Waals surface area contributed by atoms with Gasteiger partial charge >= 0.3 is 5.97 Å². The molecule has 170 valence electrons. The van der Waals surface area contributed by atoms with E-state index in [1.54, 1.807) is 78.9 Å². The van der Waals surface area contributed by atoms with Crippen molar-refractivity contribution in [2.45, 2.75) is 18.6 Å². The second kappa shape index (κ2) is 10.4. The number of para-hydroxylation sites is 1. The molecule has 8 nitrogen and oxygen atoms in total. The molecule has 0 saturated heterocycles. The van der Waals surface area contributed by atoms with Crippen LogP contribution in [-0.4, -0.2) is 41.5 Å². The number of carbonyl (C=O) groups excluding carboxylic acids is 1. The molecule has 0 radical (unpaired) electrons. The zero-order valence-electron chi connectivity index (χ0n) is 18.1. The number of nitrogens with zero attached hydrogens (tertiary/aromatic N) is 1. The Morgan fingerprint density at radius 2 is 1.55 bits per heavy atom. The minimum absolute atomic E-state index is 0.161. The summed E-state index contributed by atoms with van der Waals surface area (Å²) in [5, 5.41) is 24.6. The lowest BCUT2D eigenvalue weighted by Gasteiger charge is -2.27. The summed E-state index contributed by atoms with van der Waals surface area (Å²) in [6.45, 7) is 1.39. The third-order valence-electron chi connectivity index (χ3n) is 4.95. The molecule has 0 bridgehead atoms. The average Bonchev–Trinajstić information content (AvgIpc) is 2.85. The second-order valence-electron chi connectivity index (χ2n) is 7.12. The summed E-state index contributed by atoms with van der Waals surface area (Å²) in [6.07, 6.45) is 0.157. The third-order valence-corrected chi connectivity index (χ3v) is 4.95. The van der Waals surface area contributed by atoms with Crippen molar-refractivity contribution >= 4 is 18.1 Å². The van der Waals surface area contributed by atoms with Crippen LogP contribution in [0.3, 0.4) is 0 Å². The predicted molar refractivity (Wildman–Crippen MR) is 122 cm³/mol. The van der Waals surface area contributed by atoms with E-state index < -0.39 is 23.6 Å². The van der Waals surface area contributed by atoms with Crippen LogP contribution in [0.15, 0.2) is 84.0 Å². The van der Waals surface area contributed by atoms with Gasteiger partial charge in [0.2, 0.25) is 0 Å². The summed E-state index contributed by atoms with van der Waals surface area (Å²) in [5.74, 6) is -1.44. The summed E-state index contributed by atoms with van der Waals surface area (Å²) < 4.78 is 10.8. The Kier molecular flexibility index (Phi) is 7.42. The Bertz CT molecular complexity index is 1090. The number of nitrogens with one attached hydrogen (secondary N) is 1. The second-order valence-corrected chi connectivity index (χ2v) is 7.12. The normalized spacial score (nSPS) is 12.2. The number of ether oxygens (including phenoxy) is 2. The van der Waals surface area contributed by atoms with E-state index >= 15 is 0 Å². The molecule has 0 aliphatic rings. The highest BCUT2D eigenvalue weighted by molar-refractivity contribution is 5.92. The van der Waals surface area contributed by atoms with Crippen LogP contribution in [0.1, 0.15) is 23.6 Å². The minimum atomic E-state index is -1.98. The molecule has 0 aromatic heterocycles. The van der Waals surface area contributed by atoms with Gasteiger partial charge in [-0.25, -0.2) is 10.2 Å². The molecule has 8 heteroatoms. The highest BCUT2D eigenvalue weighted by Gasteiger charge is 2.39. The smallest absolute Gasteiger partial charge is 0.344 e. The first kappa shape index (κ1) is 23.5. The number of carboxylic acid groups (broad SMARTS) is 1. The monoisotopic (exact) mass is 448 g/mol. The van der Waals surface area contributed by atoms with E-state index in [0.29, 0.717) is 22.4 Å². The van der Waals surface area contributed by atoms with Crippen LogP contribution in [0.2, 0.25) is 0 Å². The van der Waals surface area contributed by atoms with Gasteiger partial charge in [-0.2, -0.15) is 5.10 Å².